The van der Waals surface area contributed by atoms with Gasteiger partial charge in [-0.2, -0.15) is 0 Å². The van der Waals surface area contributed by atoms with Gasteiger partial charge in [-0.25, -0.2) is 0 Å². The van der Waals surface area contributed by atoms with Gasteiger partial charge in [0.1, 0.15) is 34.5 Å². The summed E-state index contributed by atoms with van der Waals surface area (Å²) in [4.78, 5) is 0. The first kappa shape index (κ1) is 96.1. The number of benzene rings is 7. The molecule has 632 valence electrons. The van der Waals surface area contributed by atoms with Gasteiger partial charge in [0.25, 0.3) is 0 Å². The largest absolute Gasteiger partial charge is 0.508 e. The van der Waals surface area contributed by atoms with Crippen LogP contribution >= 0.6 is 0 Å². The lowest BCUT2D eigenvalue weighted by atomic mass is 9.49. The summed E-state index contributed by atoms with van der Waals surface area (Å²) < 4.78 is 36.9. The maximum Gasteiger partial charge on any atom is 0.205 e. The van der Waals surface area contributed by atoms with E-state index in [2.05, 4.69) is 236 Å². The van der Waals surface area contributed by atoms with E-state index in [0.717, 1.165) is 91.8 Å². The normalized spacial score (nSPS) is 21.1. The van der Waals surface area contributed by atoms with Crippen LogP contribution in [-0.4, -0.2) is 53.5 Å². The van der Waals surface area contributed by atoms with Crippen molar-refractivity contribution in [3.63, 3.8) is 0 Å². The molecule has 5 fully saturated rings. The Hall–Kier alpha value is -6.78. The second-order valence-corrected chi connectivity index (χ2v) is 37.4. The van der Waals surface area contributed by atoms with Crippen LogP contribution in [0.25, 0.3) is 0 Å². The van der Waals surface area contributed by atoms with Crippen molar-refractivity contribution in [3.8, 4) is 34.5 Å². The van der Waals surface area contributed by atoms with Crippen molar-refractivity contribution in [1.29, 1.82) is 0 Å². The van der Waals surface area contributed by atoms with Crippen LogP contribution < -0.4 is 14.2 Å². The Balaban J connectivity index is 0.000000213. The van der Waals surface area contributed by atoms with Crippen molar-refractivity contribution < 1.29 is 43.7 Å². The predicted octanol–water partition coefficient (Wildman–Crippen LogP) is 30.3. The van der Waals surface area contributed by atoms with Crippen LogP contribution in [0.5, 0.6) is 34.5 Å². The predicted molar refractivity (Wildman–Crippen MR) is 481 cm³/mol. The Morgan fingerprint density at radius 2 is 0.719 bits per heavy atom. The smallest absolute Gasteiger partial charge is 0.205 e. The fourth-order valence-electron chi connectivity index (χ4n) is 17.1. The van der Waals surface area contributed by atoms with Gasteiger partial charge in [0.2, 0.25) is 18.9 Å². The lowest BCUT2D eigenvalue weighted by Crippen LogP contribution is -2.53. The number of hydrogen-bond acceptors (Lipinski definition) is 9. The maximum atomic E-state index is 9.01. The molecule has 0 aromatic heterocycles. The lowest BCUT2D eigenvalue weighted by molar-refractivity contribution is -0.204. The highest BCUT2D eigenvalue weighted by Crippen LogP contribution is 2.62. The summed E-state index contributed by atoms with van der Waals surface area (Å²) in [5, 5.41) is 27.0. The Bertz CT molecular complexity index is 3530. The molecule has 11 atom stereocenters. The fourth-order valence-corrected chi connectivity index (χ4v) is 17.1. The Morgan fingerprint density at radius 1 is 0.404 bits per heavy atom. The van der Waals surface area contributed by atoms with Crippen molar-refractivity contribution in [2.75, 3.05) is 7.11 Å². The summed E-state index contributed by atoms with van der Waals surface area (Å²) in [5.74, 6) is 11.8. The monoisotopic (exact) mass is 1560 g/mol. The summed E-state index contributed by atoms with van der Waals surface area (Å²) in [6.07, 6.45) is 26.0. The number of fused-ring (bicyclic) bond motifs is 1. The molecule has 0 radical (unpaired) electrons. The van der Waals surface area contributed by atoms with Gasteiger partial charge >= 0.3 is 0 Å². The van der Waals surface area contributed by atoms with E-state index in [9.17, 15) is 0 Å². The van der Waals surface area contributed by atoms with Crippen LogP contribution in [0.4, 0.5) is 0 Å². The molecule has 5 saturated carbocycles. The van der Waals surface area contributed by atoms with Gasteiger partial charge in [-0.1, -0.05) is 261 Å². The molecular formula is C105H158O9. The van der Waals surface area contributed by atoms with Gasteiger partial charge in [-0.15, -0.1) is 0 Å². The lowest BCUT2D eigenvalue weighted by Gasteiger charge is -2.58. The van der Waals surface area contributed by atoms with E-state index < -0.39 is 0 Å². The number of phenolic OH excluding ortho intramolecular Hbond substituents is 3. The summed E-state index contributed by atoms with van der Waals surface area (Å²) in [6.45, 7) is 48.7. The average Bonchev–Trinajstić information content (AvgIpc) is 0.805. The van der Waals surface area contributed by atoms with E-state index in [1.54, 1.807) is 47.5 Å². The highest BCUT2D eigenvalue weighted by molar-refractivity contribution is 5.37. The zero-order valence-corrected chi connectivity index (χ0v) is 75.5. The van der Waals surface area contributed by atoms with Gasteiger partial charge in [-0.05, 0) is 303 Å². The zero-order valence-electron chi connectivity index (χ0n) is 75.5. The van der Waals surface area contributed by atoms with Crippen LogP contribution in [0.3, 0.4) is 0 Å². The minimum Gasteiger partial charge on any atom is -0.508 e. The van der Waals surface area contributed by atoms with Crippen LogP contribution in [0.15, 0.2) is 170 Å². The first-order valence-corrected chi connectivity index (χ1v) is 44.8. The van der Waals surface area contributed by atoms with Gasteiger partial charge in [0.05, 0.1) is 12.2 Å². The molecule has 7 aromatic carbocycles. The van der Waals surface area contributed by atoms with E-state index in [-0.39, 0.29) is 41.2 Å². The van der Waals surface area contributed by atoms with Crippen LogP contribution in [0.1, 0.15) is 367 Å². The summed E-state index contributed by atoms with van der Waals surface area (Å²) in [6, 6.07) is 56.9. The zero-order chi connectivity index (χ0) is 83.7. The van der Waals surface area contributed by atoms with Crippen molar-refractivity contribution in [2.24, 2.45) is 39.9 Å². The third-order valence-electron chi connectivity index (χ3n) is 25.1. The molecule has 11 unspecified atom stereocenters. The Morgan fingerprint density at radius 3 is 1.03 bits per heavy atom. The molecule has 0 aliphatic heterocycles. The van der Waals surface area contributed by atoms with Gasteiger partial charge in [0, 0.05) is 25.4 Å². The van der Waals surface area contributed by atoms with E-state index >= 15 is 0 Å². The third kappa shape index (κ3) is 32.6. The average molecular weight is 1560 g/mol. The quantitative estimate of drug-likeness (QED) is 0.0433. The number of ether oxygens (including phenoxy) is 6. The van der Waals surface area contributed by atoms with Gasteiger partial charge < -0.3 is 43.7 Å². The molecule has 4 bridgehead atoms. The van der Waals surface area contributed by atoms with Crippen molar-refractivity contribution >= 4 is 0 Å². The minimum atomic E-state index is -0.195. The van der Waals surface area contributed by atoms with Crippen LogP contribution in [0, 0.1) is 39.9 Å². The topological polar surface area (TPSA) is 116 Å². The molecule has 9 nitrogen and oxygen atoms in total. The number of phenols is 3. The van der Waals surface area contributed by atoms with E-state index in [1.807, 2.05) is 57.4 Å². The molecule has 114 heavy (non-hydrogen) atoms. The Kier molecular flexibility index (Phi) is 40.6. The summed E-state index contributed by atoms with van der Waals surface area (Å²) in [5.41, 5.74) is 11.8. The number of methoxy groups -OCH3 is 1. The molecule has 6 aliphatic rings. The maximum absolute atomic E-state index is 9.01. The number of rotatable bonds is 27. The highest BCUT2D eigenvalue weighted by Gasteiger charge is 2.56. The standard InChI is InChI=1S/C22H32O2.C22H36O2.C19H32O2.C12H16.3C10H14O/c1-4-15(2)19-5-7-20(8-6-19)24-21(23-3)22-12-16-9-17(13-22)11-18(10-16)14-22;1-6-17(2)18-12-14-20(15-13-18)24-21(16-22(3,4)5)23-19-10-8-7-9-11-19;1-8-15(4)16-9-11-17(12-10-16)21-18(20-14(2)3)13-19(5,6)7;1-3-10-8-11-6-4-5-7-12(11)9(10)2;3*1-3-8(2)9-4-6-10(11)7-5-9/h5-8,15-18,21H,4,9-14H2,1-3H3;12-15,17,19,21H,6-11,16H2,1-5H3;9-12,14-15,18H,8,13H2,1-7H3;4-7,9-10H,3,8H2,1-2H3;3*4-8,11H,3H2,1-2H3. The second-order valence-electron chi connectivity index (χ2n) is 37.4. The van der Waals surface area contributed by atoms with Crippen LogP contribution in [0.2, 0.25) is 0 Å². The van der Waals surface area contributed by atoms with E-state index in [4.69, 9.17) is 43.7 Å². The third-order valence-corrected chi connectivity index (χ3v) is 25.1. The summed E-state index contributed by atoms with van der Waals surface area (Å²) >= 11 is 0. The molecule has 9 heteroatoms. The summed E-state index contributed by atoms with van der Waals surface area (Å²) in [7, 11) is 1.83. The molecule has 0 amide bonds. The second kappa shape index (κ2) is 48.2. The molecule has 0 saturated heterocycles. The molecule has 13 rings (SSSR count). The number of hydrogen-bond donors (Lipinski definition) is 3. The number of aromatic hydroxyl groups is 3. The molecule has 6 aliphatic carbocycles. The van der Waals surface area contributed by atoms with E-state index in [0.29, 0.717) is 58.9 Å². The van der Waals surface area contributed by atoms with E-state index in [1.165, 1.54) is 123 Å². The molecule has 3 N–H and O–H groups in total. The Labute approximate surface area is 695 Å². The van der Waals surface area contributed by atoms with Crippen molar-refractivity contribution in [1.82, 2.24) is 0 Å². The van der Waals surface area contributed by atoms with Crippen molar-refractivity contribution in [2.45, 2.75) is 360 Å². The van der Waals surface area contributed by atoms with Crippen LogP contribution in [-0.2, 0) is 20.6 Å². The fraction of sp³-hybridized carbons (Fsp3) is 0.600. The molecule has 0 spiro atoms. The first-order valence-electron chi connectivity index (χ1n) is 44.8. The SMILES string of the molecule is CCC(C)c1ccc(O)cc1.CCC(C)c1ccc(O)cc1.CCC(C)c1ccc(O)cc1.CCC(C)c1ccc(OC(CC(C)(C)C)OC(C)C)cc1.CCC(C)c1ccc(OC(CC(C)(C)C)OC2CCCCC2)cc1.CCC(C)c1ccc(OC(OC)C23CC4CC(CC(C4)C2)C3)cc1.CCC1Cc2ccccc2C1C. The van der Waals surface area contributed by atoms with Gasteiger partial charge in [-0.3, -0.25) is 0 Å². The molecular weight excluding hydrogens is 1410 g/mol. The van der Waals surface area contributed by atoms with Crippen molar-refractivity contribution in [3.05, 3.63) is 214 Å². The molecule has 7 aromatic rings. The highest BCUT2D eigenvalue weighted by atomic mass is 16.7. The minimum absolute atomic E-state index is 0.0830. The van der Waals surface area contributed by atoms with Gasteiger partial charge in [0.15, 0.2) is 0 Å². The first-order chi connectivity index (χ1) is 54.2. The molecule has 0 heterocycles.